The summed E-state index contributed by atoms with van der Waals surface area (Å²) in [7, 11) is 0. The van der Waals surface area contributed by atoms with Crippen LogP contribution >= 0.6 is 11.3 Å². The standard InChI is InChI=1S/C18H25N5O2S/c1-12(2)18(25)21-4-5-23-16(10-21)19-20-17(23)15-7-14(24)9-22(15)8-13-3-6-26-11-13/h3,6,11-12,14-15,24H,4-5,7-10H2,1-2H3/t14-,15-/m0/s1. The average molecular weight is 375 g/mol. The number of fused-ring (bicyclic) bond motifs is 1. The summed E-state index contributed by atoms with van der Waals surface area (Å²) in [4.78, 5) is 16.4. The van der Waals surface area contributed by atoms with E-state index in [9.17, 15) is 9.90 Å². The smallest absolute Gasteiger partial charge is 0.225 e. The van der Waals surface area contributed by atoms with Crippen molar-refractivity contribution in [3.05, 3.63) is 34.0 Å². The molecule has 4 rings (SSSR count). The third-order valence-corrected chi connectivity index (χ3v) is 5.96. The number of amides is 1. The normalized spacial score (nSPS) is 23.6. The van der Waals surface area contributed by atoms with Gasteiger partial charge in [-0.15, -0.1) is 10.2 Å². The Morgan fingerprint density at radius 2 is 2.23 bits per heavy atom. The van der Waals surface area contributed by atoms with Crippen LogP contribution in [0.25, 0.3) is 0 Å². The van der Waals surface area contributed by atoms with Gasteiger partial charge in [0.2, 0.25) is 5.91 Å². The number of aliphatic hydroxyl groups is 1. The van der Waals surface area contributed by atoms with Gasteiger partial charge in [0, 0.05) is 32.1 Å². The van der Waals surface area contributed by atoms with E-state index in [1.807, 2.05) is 18.7 Å². The minimum absolute atomic E-state index is 0.00461. The molecule has 8 heteroatoms. The van der Waals surface area contributed by atoms with E-state index < -0.39 is 0 Å². The molecule has 0 aliphatic carbocycles. The molecule has 1 fully saturated rings. The van der Waals surface area contributed by atoms with Gasteiger partial charge in [0.1, 0.15) is 0 Å². The van der Waals surface area contributed by atoms with Gasteiger partial charge in [-0.1, -0.05) is 13.8 Å². The summed E-state index contributed by atoms with van der Waals surface area (Å²) in [6, 6.07) is 2.19. The van der Waals surface area contributed by atoms with Gasteiger partial charge < -0.3 is 14.6 Å². The Bertz CT molecular complexity index is 773. The van der Waals surface area contributed by atoms with E-state index >= 15 is 0 Å². The highest BCUT2D eigenvalue weighted by atomic mass is 32.1. The summed E-state index contributed by atoms with van der Waals surface area (Å²) < 4.78 is 2.15. The minimum Gasteiger partial charge on any atom is -0.392 e. The van der Waals surface area contributed by atoms with E-state index in [0.717, 1.165) is 24.7 Å². The highest BCUT2D eigenvalue weighted by Crippen LogP contribution is 2.34. The number of rotatable bonds is 4. The molecule has 0 radical (unpaired) electrons. The molecule has 2 aliphatic heterocycles. The maximum Gasteiger partial charge on any atom is 0.225 e. The van der Waals surface area contributed by atoms with Crippen molar-refractivity contribution in [1.29, 1.82) is 0 Å². The first-order valence-electron chi connectivity index (χ1n) is 9.17. The van der Waals surface area contributed by atoms with Crippen LogP contribution in [0.15, 0.2) is 16.8 Å². The maximum absolute atomic E-state index is 12.3. The molecular formula is C18H25N5O2S. The molecule has 140 valence electrons. The Balaban J connectivity index is 1.54. The van der Waals surface area contributed by atoms with E-state index in [1.165, 1.54) is 5.56 Å². The molecule has 26 heavy (non-hydrogen) atoms. The van der Waals surface area contributed by atoms with Crippen molar-refractivity contribution in [2.24, 2.45) is 5.92 Å². The third-order valence-electron chi connectivity index (χ3n) is 5.23. The van der Waals surface area contributed by atoms with Gasteiger partial charge in [0.15, 0.2) is 11.6 Å². The van der Waals surface area contributed by atoms with Crippen LogP contribution in [-0.4, -0.2) is 54.8 Å². The topological polar surface area (TPSA) is 74.5 Å². The second kappa shape index (κ2) is 7.09. The Morgan fingerprint density at radius 3 is 2.96 bits per heavy atom. The first-order chi connectivity index (χ1) is 12.5. The third kappa shape index (κ3) is 3.28. The number of hydrogen-bond donors (Lipinski definition) is 1. The zero-order valence-electron chi connectivity index (χ0n) is 15.2. The highest BCUT2D eigenvalue weighted by molar-refractivity contribution is 7.07. The number of nitrogens with zero attached hydrogens (tertiary/aromatic N) is 5. The number of aromatic nitrogens is 3. The number of aliphatic hydroxyl groups excluding tert-OH is 1. The number of carbonyl (C=O) groups is 1. The van der Waals surface area contributed by atoms with Crippen LogP contribution in [-0.2, 0) is 24.4 Å². The van der Waals surface area contributed by atoms with Crippen LogP contribution in [0, 0.1) is 5.92 Å². The quantitative estimate of drug-likeness (QED) is 0.879. The fourth-order valence-electron chi connectivity index (χ4n) is 3.92. The van der Waals surface area contributed by atoms with Crippen molar-refractivity contribution in [3.63, 3.8) is 0 Å². The first kappa shape index (κ1) is 17.6. The lowest BCUT2D eigenvalue weighted by molar-refractivity contribution is -0.136. The highest BCUT2D eigenvalue weighted by Gasteiger charge is 2.37. The zero-order chi connectivity index (χ0) is 18.3. The minimum atomic E-state index is -0.339. The van der Waals surface area contributed by atoms with Crippen molar-refractivity contribution in [2.45, 2.75) is 52.0 Å². The van der Waals surface area contributed by atoms with Gasteiger partial charge in [-0.25, -0.2) is 0 Å². The SMILES string of the molecule is CC(C)C(=O)N1CCn2c(nnc2[C@@H]2C[C@H](O)CN2Cc2ccsc2)C1. The van der Waals surface area contributed by atoms with Crippen LogP contribution < -0.4 is 0 Å². The van der Waals surface area contributed by atoms with E-state index in [1.54, 1.807) is 11.3 Å². The molecule has 0 aromatic carbocycles. The largest absolute Gasteiger partial charge is 0.392 e. The Kier molecular flexibility index (Phi) is 4.81. The summed E-state index contributed by atoms with van der Waals surface area (Å²) >= 11 is 1.69. The zero-order valence-corrected chi connectivity index (χ0v) is 16.0. The van der Waals surface area contributed by atoms with Crippen LogP contribution in [0.5, 0.6) is 0 Å². The number of hydrogen-bond acceptors (Lipinski definition) is 6. The van der Waals surface area contributed by atoms with Gasteiger partial charge in [0.25, 0.3) is 0 Å². The van der Waals surface area contributed by atoms with E-state index in [4.69, 9.17) is 0 Å². The molecule has 2 aromatic heterocycles. The second-order valence-corrected chi connectivity index (χ2v) is 8.29. The number of β-amino-alcohol motifs (C(OH)–C–C–N with tert-alkyl or cyclic N) is 1. The van der Waals surface area contributed by atoms with Crippen molar-refractivity contribution in [3.8, 4) is 0 Å². The fourth-order valence-corrected chi connectivity index (χ4v) is 4.58. The lowest BCUT2D eigenvalue weighted by Gasteiger charge is -2.30. The monoisotopic (exact) mass is 375 g/mol. The predicted octanol–water partition coefficient (Wildman–Crippen LogP) is 1.65. The molecule has 0 unspecified atom stereocenters. The Labute approximate surface area is 157 Å². The molecule has 1 N–H and O–H groups in total. The summed E-state index contributed by atoms with van der Waals surface area (Å²) in [5.74, 6) is 1.92. The van der Waals surface area contributed by atoms with E-state index in [-0.39, 0.29) is 24.0 Å². The van der Waals surface area contributed by atoms with Crippen molar-refractivity contribution < 1.29 is 9.90 Å². The van der Waals surface area contributed by atoms with Gasteiger partial charge in [-0.05, 0) is 28.8 Å². The van der Waals surface area contributed by atoms with Crippen molar-refractivity contribution in [1.82, 2.24) is 24.6 Å². The van der Waals surface area contributed by atoms with E-state index in [0.29, 0.717) is 26.1 Å². The summed E-state index contributed by atoms with van der Waals surface area (Å²) in [6.45, 7) is 7.24. The Hall–Kier alpha value is -1.77. The van der Waals surface area contributed by atoms with Crippen LogP contribution in [0.2, 0.25) is 0 Å². The second-order valence-electron chi connectivity index (χ2n) is 7.51. The van der Waals surface area contributed by atoms with Gasteiger partial charge in [0.05, 0.1) is 18.7 Å². The van der Waals surface area contributed by atoms with Gasteiger partial charge in [-0.2, -0.15) is 11.3 Å². The average Bonchev–Trinajstić information content (AvgIpc) is 3.34. The molecule has 0 saturated carbocycles. The predicted molar refractivity (Wildman–Crippen MR) is 98.4 cm³/mol. The lowest BCUT2D eigenvalue weighted by Crippen LogP contribution is -2.41. The molecule has 0 spiro atoms. The molecule has 2 aliphatic rings. The summed E-state index contributed by atoms with van der Waals surface area (Å²) in [6.07, 6.45) is 0.339. The van der Waals surface area contributed by atoms with Crippen molar-refractivity contribution >= 4 is 17.2 Å². The fraction of sp³-hybridized carbons (Fsp3) is 0.611. The molecular weight excluding hydrogens is 350 g/mol. The number of carbonyl (C=O) groups excluding carboxylic acids is 1. The lowest BCUT2D eigenvalue weighted by atomic mass is 10.1. The maximum atomic E-state index is 12.3. The van der Waals surface area contributed by atoms with E-state index in [2.05, 4.69) is 36.5 Å². The van der Waals surface area contributed by atoms with Gasteiger partial charge >= 0.3 is 0 Å². The molecule has 1 saturated heterocycles. The molecule has 2 aromatic rings. The molecule has 4 heterocycles. The Morgan fingerprint density at radius 1 is 1.38 bits per heavy atom. The number of thiophene rings is 1. The summed E-state index contributed by atoms with van der Waals surface area (Å²) in [5, 5.41) is 23.3. The molecule has 0 bridgehead atoms. The number of likely N-dealkylation sites (tertiary alicyclic amines) is 1. The van der Waals surface area contributed by atoms with Crippen LogP contribution in [0.4, 0.5) is 0 Å². The van der Waals surface area contributed by atoms with Gasteiger partial charge in [-0.3, -0.25) is 9.69 Å². The molecule has 2 atom stereocenters. The summed E-state index contributed by atoms with van der Waals surface area (Å²) in [5.41, 5.74) is 1.26. The molecule has 1 amide bonds. The van der Waals surface area contributed by atoms with Crippen molar-refractivity contribution in [2.75, 3.05) is 13.1 Å². The molecule has 7 nitrogen and oxygen atoms in total. The first-order valence-corrected chi connectivity index (χ1v) is 10.1. The van der Waals surface area contributed by atoms with Crippen LogP contribution in [0.3, 0.4) is 0 Å². The van der Waals surface area contributed by atoms with Crippen LogP contribution in [0.1, 0.15) is 43.5 Å².